The number of ether oxygens (including phenoxy) is 1. The maximum absolute atomic E-state index is 6.10. The van der Waals surface area contributed by atoms with Crippen LogP contribution in [0.3, 0.4) is 0 Å². The van der Waals surface area contributed by atoms with E-state index in [0.717, 1.165) is 39.2 Å². The van der Waals surface area contributed by atoms with Gasteiger partial charge in [0.1, 0.15) is 17.1 Å². The molecule has 1 N–H and O–H groups in total. The molecule has 0 radical (unpaired) electrons. The van der Waals surface area contributed by atoms with Gasteiger partial charge in [0.2, 0.25) is 0 Å². The molecule has 5 aromatic rings. The van der Waals surface area contributed by atoms with Crippen molar-refractivity contribution in [3.63, 3.8) is 0 Å². The third-order valence-electron chi connectivity index (χ3n) is 4.40. The molecule has 0 aliphatic heterocycles. The van der Waals surface area contributed by atoms with E-state index in [-0.39, 0.29) is 0 Å². The number of benzene rings is 2. The van der Waals surface area contributed by atoms with E-state index in [9.17, 15) is 0 Å². The van der Waals surface area contributed by atoms with Gasteiger partial charge in [-0.2, -0.15) is 0 Å². The molecule has 0 saturated heterocycles. The second kappa shape index (κ2) is 6.46. The van der Waals surface area contributed by atoms with Gasteiger partial charge < -0.3 is 14.1 Å². The van der Waals surface area contributed by atoms with Gasteiger partial charge in [-0.1, -0.05) is 36.4 Å². The van der Waals surface area contributed by atoms with Crippen LogP contribution in [0.2, 0.25) is 0 Å². The van der Waals surface area contributed by atoms with Crippen LogP contribution in [0.1, 0.15) is 0 Å². The Morgan fingerprint density at radius 2 is 1.74 bits per heavy atom. The van der Waals surface area contributed by atoms with Crippen molar-refractivity contribution >= 4 is 11.0 Å². The van der Waals surface area contributed by atoms with Crippen molar-refractivity contribution in [2.75, 3.05) is 0 Å². The van der Waals surface area contributed by atoms with Gasteiger partial charge >= 0.3 is 0 Å². The minimum absolute atomic E-state index is 0.703. The number of aromatic nitrogens is 3. The summed E-state index contributed by atoms with van der Waals surface area (Å²) in [7, 11) is 0. The predicted molar refractivity (Wildman–Crippen MR) is 104 cm³/mol. The number of oxazole rings is 1. The van der Waals surface area contributed by atoms with Gasteiger partial charge in [0, 0.05) is 34.5 Å². The lowest BCUT2D eigenvalue weighted by Gasteiger charge is -2.11. The van der Waals surface area contributed by atoms with Crippen LogP contribution in [0.5, 0.6) is 11.5 Å². The van der Waals surface area contributed by atoms with Gasteiger partial charge in [-0.05, 0) is 24.3 Å². The van der Waals surface area contributed by atoms with Crippen molar-refractivity contribution in [2.24, 2.45) is 0 Å². The molecule has 130 valence electrons. The Bertz CT molecular complexity index is 1190. The first-order valence-corrected chi connectivity index (χ1v) is 8.57. The standard InChI is InChI=1S/C22H15N3O2/c1-2-6-16(7-3-1)27-20-9-5-4-8-17(20)15-10-18-19(21-13-23-14-26-21)12-25-22(18)24-11-15/h1-14H,(H,24,25). The summed E-state index contributed by atoms with van der Waals surface area (Å²) in [6, 6.07) is 19.8. The van der Waals surface area contributed by atoms with E-state index in [0.29, 0.717) is 5.76 Å². The van der Waals surface area contributed by atoms with Crippen LogP contribution in [0.15, 0.2) is 90.1 Å². The Labute approximate surface area is 155 Å². The summed E-state index contributed by atoms with van der Waals surface area (Å²) < 4.78 is 11.5. The van der Waals surface area contributed by atoms with Gasteiger partial charge in [-0.25, -0.2) is 9.97 Å². The largest absolute Gasteiger partial charge is 0.457 e. The first kappa shape index (κ1) is 15.4. The van der Waals surface area contributed by atoms with E-state index >= 15 is 0 Å². The van der Waals surface area contributed by atoms with Crippen LogP contribution < -0.4 is 4.74 Å². The van der Waals surface area contributed by atoms with Crippen LogP contribution >= 0.6 is 0 Å². The molecule has 0 bridgehead atoms. The number of hydrogen-bond donors (Lipinski definition) is 1. The van der Waals surface area contributed by atoms with Crippen molar-refractivity contribution in [1.29, 1.82) is 0 Å². The molecule has 5 rings (SSSR count). The molecule has 0 saturated carbocycles. The number of aromatic amines is 1. The molecule has 0 fully saturated rings. The number of nitrogens with zero attached hydrogens (tertiary/aromatic N) is 2. The molecule has 0 atom stereocenters. The summed E-state index contributed by atoms with van der Waals surface area (Å²) in [6.45, 7) is 0. The number of H-pyrrole nitrogens is 1. The predicted octanol–water partition coefficient (Wildman–Crippen LogP) is 5.68. The van der Waals surface area contributed by atoms with E-state index < -0.39 is 0 Å². The molecule has 0 aliphatic rings. The van der Waals surface area contributed by atoms with E-state index in [1.165, 1.54) is 6.39 Å². The molecule has 0 amide bonds. The molecule has 3 aromatic heterocycles. The normalized spacial score (nSPS) is 11.0. The van der Waals surface area contributed by atoms with Crippen molar-refractivity contribution in [2.45, 2.75) is 0 Å². The zero-order valence-corrected chi connectivity index (χ0v) is 14.3. The maximum Gasteiger partial charge on any atom is 0.181 e. The SMILES string of the molecule is c1ccc(Oc2ccccc2-c2cnc3[nH]cc(-c4cnco4)c3c2)cc1. The maximum atomic E-state index is 6.10. The Morgan fingerprint density at radius 1 is 0.889 bits per heavy atom. The number of nitrogens with one attached hydrogen (secondary N) is 1. The lowest BCUT2D eigenvalue weighted by atomic mass is 10.0. The van der Waals surface area contributed by atoms with Crippen LogP contribution in [-0.4, -0.2) is 15.0 Å². The molecule has 0 unspecified atom stereocenters. The Kier molecular flexibility index (Phi) is 3.68. The average Bonchev–Trinajstić information content (AvgIpc) is 3.38. The highest BCUT2D eigenvalue weighted by atomic mass is 16.5. The molecule has 27 heavy (non-hydrogen) atoms. The molecular weight excluding hydrogens is 338 g/mol. The summed E-state index contributed by atoms with van der Waals surface area (Å²) in [6.07, 6.45) is 6.85. The van der Waals surface area contributed by atoms with Gasteiger partial charge in [-0.3, -0.25) is 0 Å². The Balaban J connectivity index is 1.61. The van der Waals surface area contributed by atoms with Crippen LogP contribution in [-0.2, 0) is 0 Å². The van der Waals surface area contributed by atoms with Gasteiger partial charge in [-0.15, -0.1) is 0 Å². The summed E-state index contributed by atoms with van der Waals surface area (Å²) in [5.41, 5.74) is 3.67. The summed E-state index contributed by atoms with van der Waals surface area (Å²) >= 11 is 0. The van der Waals surface area contributed by atoms with Gasteiger partial charge in [0.15, 0.2) is 12.2 Å². The lowest BCUT2D eigenvalue weighted by Crippen LogP contribution is -1.89. The second-order valence-corrected chi connectivity index (χ2v) is 6.10. The highest BCUT2D eigenvalue weighted by Crippen LogP contribution is 2.36. The van der Waals surface area contributed by atoms with Crippen molar-refractivity contribution in [3.05, 3.63) is 85.6 Å². The van der Waals surface area contributed by atoms with Crippen molar-refractivity contribution in [3.8, 4) is 33.9 Å². The third kappa shape index (κ3) is 2.85. The topological polar surface area (TPSA) is 63.9 Å². The average molecular weight is 353 g/mol. The monoisotopic (exact) mass is 353 g/mol. The second-order valence-electron chi connectivity index (χ2n) is 6.10. The summed E-state index contributed by atoms with van der Waals surface area (Å²) in [5.74, 6) is 2.28. The molecule has 5 heteroatoms. The van der Waals surface area contributed by atoms with Gasteiger partial charge in [0.25, 0.3) is 0 Å². The molecule has 0 spiro atoms. The van der Waals surface area contributed by atoms with Crippen LogP contribution in [0.25, 0.3) is 33.5 Å². The molecule has 2 aromatic carbocycles. The number of rotatable bonds is 4. The fourth-order valence-electron chi connectivity index (χ4n) is 3.11. The smallest absolute Gasteiger partial charge is 0.181 e. The van der Waals surface area contributed by atoms with Crippen LogP contribution in [0, 0.1) is 0 Å². The van der Waals surface area contributed by atoms with E-state index in [2.05, 4.69) is 21.0 Å². The molecule has 3 heterocycles. The third-order valence-corrected chi connectivity index (χ3v) is 4.40. The van der Waals surface area contributed by atoms with Crippen molar-refractivity contribution < 1.29 is 9.15 Å². The molecular formula is C22H15N3O2. The van der Waals surface area contributed by atoms with Crippen molar-refractivity contribution in [1.82, 2.24) is 15.0 Å². The Morgan fingerprint density at radius 3 is 2.59 bits per heavy atom. The Hall–Kier alpha value is -3.86. The van der Waals surface area contributed by atoms with Gasteiger partial charge in [0.05, 0.1) is 6.20 Å². The quantitative estimate of drug-likeness (QED) is 0.452. The lowest BCUT2D eigenvalue weighted by molar-refractivity contribution is 0.484. The highest BCUT2D eigenvalue weighted by Gasteiger charge is 2.13. The summed E-state index contributed by atoms with van der Waals surface area (Å²) in [5, 5.41) is 0.971. The fraction of sp³-hybridized carbons (Fsp3) is 0. The molecule has 0 aliphatic carbocycles. The number of pyridine rings is 1. The highest BCUT2D eigenvalue weighted by molar-refractivity contribution is 5.94. The number of hydrogen-bond acceptors (Lipinski definition) is 4. The summed E-state index contributed by atoms with van der Waals surface area (Å²) in [4.78, 5) is 11.7. The first-order chi connectivity index (χ1) is 13.4. The minimum Gasteiger partial charge on any atom is -0.457 e. The zero-order chi connectivity index (χ0) is 18.1. The van der Waals surface area contributed by atoms with E-state index in [1.807, 2.05) is 67.0 Å². The minimum atomic E-state index is 0.703. The first-order valence-electron chi connectivity index (χ1n) is 8.57. The fourth-order valence-corrected chi connectivity index (χ4v) is 3.11. The number of para-hydroxylation sites is 2. The van der Waals surface area contributed by atoms with E-state index in [1.54, 1.807) is 6.20 Å². The van der Waals surface area contributed by atoms with Crippen LogP contribution in [0.4, 0.5) is 0 Å². The molecule has 5 nitrogen and oxygen atoms in total. The van der Waals surface area contributed by atoms with E-state index in [4.69, 9.17) is 9.15 Å². The number of fused-ring (bicyclic) bond motifs is 1. The zero-order valence-electron chi connectivity index (χ0n) is 14.3.